The second-order valence-corrected chi connectivity index (χ2v) is 3.44. The Morgan fingerprint density at radius 1 is 1.23 bits per heavy atom. The van der Waals surface area contributed by atoms with Crippen LogP contribution in [-0.4, -0.2) is 6.21 Å². The van der Waals surface area contributed by atoms with Gasteiger partial charge in [-0.1, -0.05) is 35.9 Å². The summed E-state index contributed by atoms with van der Waals surface area (Å²) in [6.45, 7) is 2.15. The molecule has 66 valence electrons. The number of aliphatic imine (C=N–C) groups is 1. The van der Waals surface area contributed by atoms with E-state index in [0.717, 1.165) is 6.42 Å². The standard InChI is InChI=1S/C12H13N/c1-10-7-8-13-12(9-10)11-5-3-2-4-6-11/h2-8,12H,9H2,1H3. The van der Waals surface area contributed by atoms with Crippen molar-refractivity contribution >= 4 is 6.21 Å². The number of hydrogen-bond donors (Lipinski definition) is 0. The molecule has 0 aliphatic carbocycles. The van der Waals surface area contributed by atoms with Crippen LogP contribution in [0.2, 0.25) is 0 Å². The van der Waals surface area contributed by atoms with Gasteiger partial charge in [-0.3, -0.25) is 4.99 Å². The summed E-state index contributed by atoms with van der Waals surface area (Å²) in [4.78, 5) is 4.45. The maximum Gasteiger partial charge on any atom is 0.0786 e. The molecule has 2 rings (SSSR count). The summed E-state index contributed by atoms with van der Waals surface area (Å²) in [6, 6.07) is 10.8. The number of dihydropyridines is 1. The summed E-state index contributed by atoms with van der Waals surface area (Å²) in [5.41, 5.74) is 2.72. The molecule has 0 saturated heterocycles. The van der Waals surface area contributed by atoms with Crippen LogP contribution in [0.25, 0.3) is 0 Å². The largest absolute Gasteiger partial charge is 0.285 e. The molecule has 13 heavy (non-hydrogen) atoms. The summed E-state index contributed by atoms with van der Waals surface area (Å²) in [7, 11) is 0. The van der Waals surface area contributed by atoms with E-state index in [9.17, 15) is 0 Å². The zero-order chi connectivity index (χ0) is 9.10. The lowest BCUT2D eigenvalue weighted by Gasteiger charge is -2.15. The Bertz CT molecular complexity index is 335. The molecular weight excluding hydrogens is 158 g/mol. The molecule has 1 aromatic carbocycles. The highest BCUT2D eigenvalue weighted by molar-refractivity contribution is 5.73. The topological polar surface area (TPSA) is 12.4 Å². The van der Waals surface area contributed by atoms with Crippen LogP contribution in [0.15, 0.2) is 47.0 Å². The van der Waals surface area contributed by atoms with Crippen molar-refractivity contribution < 1.29 is 0 Å². The first-order valence-corrected chi connectivity index (χ1v) is 4.60. The van der Waals surface area contributed by atoms with Crippen LogP contribution in [0, 0.1) is 0 Å². The zero-order valence-electron chi connectivity index (χ0n) is 7.77. The van der Waals surface area contributed by atoms with Crippen molar-refractivity contribution in [1.82, 2.24) is 0 Å². The van der Waals surface area contributed by atoms with Gasteiger partial charge in [0.1, 0.15) is 0 Å². The van der Waals surface area contributed by atoms with Crippen LogP contribution in [0.3, 0.4) is 0 Å². The first-order valence-electron chi connectivity index (χ1n) is 4.60. The lowest BCUT2D eigenvalue weighted by atomic mass is 9.98. The zero-order valence-corrected chi connectivity index (χ0v) is 7.77. The second-order valence-electron chi connectivity index (χ2n) is 3.44. The highest BCUT2D eigenvalue weighted by Crippen LogP contribution is 2.26. The van der Waals surface area contributed by atoms with Gasteiger partial charge in [0.05, 0.1) is 6.04 Å². The molecule has 1 aromatic rings. The van der Waals surface area contributed by atoms with Gasteiger partial charge >= 0.3 is 0 Å². The molecule has 1 nitrogen and oxygen atoms in total. The summed E-state index contributed by atoms with van der Waals surface area (Å²) in [5, 5.41) is 0. The number of benzene rings is 1. The van der Waals surface area contributed by atoms with E-state index in [4.69, 9.17) is 0 Å². The Balaban J connectivity index is 2.21. The molecule has 1 heteroatoms. The third kappa shape index (κ3) is 1.86. The van der Waals surface area contributed by atoms with Gasteiger partial charge in [-0.25, -0.2) is 0 Å². The second kappa shape index (κ2) is 3.56. The van der Waals surface area contributed by atoms with Gasteiger partial charge in [0.15, 0.2) is 0 Å². The van der Waals surface area contributed by atoms with Gasteiger partial charge < -0.3 is 0 Å². The van der Waals surface area contributed by atoms with Crippen LogP contribution in [0.5, 0.6) is 0 Å². The molecule has 1 unspecified atom stereocenters. The maximum absolute atomic E-state index is 4.45. The van der Waals surface area contributed by atoms with Crippen molar-refractivity contribution in [1.29, 1.82) is 0 Å². The molecule has 0 saturated carbocycles. The molecule has 0 bridgehead atoms. The monoisotopic (exact) mass is 171 g/mol. The Morgan fingerprint density at radius 2 is 2.00 bits per heavy atom. The van der Waals surface area contributed by atoms with Crippen molar-refractivity contribution in [2.45, 2.75) is 19.4 Å². The molecule has 1 aliphatic rings. The number of allylic oxidation sites excluding steroid dienone is 1. The molecule has 1 atom stereocenters. The minimum Gasteiger partial charge on any atom is -0.285 e. The Hall–Kier alpha value is -1.37. The molecular formula is C12H13N. The van der Waals surface area contributed by atoms with E-state index < -0.39 is 0 Å². The number of nitrogens with zero attached hydrogens (tertiary/aromatic N) is 1. The normalized spacial score (nSPS) is 21.3. The lowest BCUT2D eigenvalue weighted by molar-refractivity contribution is 0.714. The predicted octanol–water partition coefficient (Wildman–Crippen LogP) is 3.15. The third-order valence-electron chi connectivity index (χ3n) is 2.32. The van der Waals surface area contributed by atoms with Crippen LogP contribution in [0.4, 0.5) is 0 Å². The van der Waals surface area contributed by atoms with Crippen molar-refractivity contribution in [3.8, 4) is 0 Å². The summed E-state index contributed by atoms with van der Waals surface area (Å²) in [5.74, 6) is 0. The molecule has 1 aliphatic heterocycles. The van der Waals surface area contributed by atoms with Gasteiger partial charge in [0.25, 0.3) is 0 Å². The van der Waals surface area contributed by atoms with Gasteiger partial charge in [0.2, 0.25) is 0 Å². The fourth-order valence-corrected chi connectivity index (χ4v) is 1.58. The predicted molar refractivity (Wildman–Crippen MR) is 56.0 cm³/mol. The van der Waals surface area contributed by atoms with Crippen LogP contribution < -0.4 is 0 Å². The van der Waals surface area contributed by atoms with Gasteiger partial charge in [0, 0.05) is 6.21 Å². The van der Waals surface area contributed by atoms with E-state index in [1.165, 1.54) is 11.1 Å². The summed E-state index contributed by atoms with van der Waals surface area (Å²) >= 11 is 0. The van der Waals surface area contributed by atoms with E-state index in [-0.39, 0.29) is 0 Å². The minimum atomic E-state index is 0.339. The SMILES string of the molecule is CC1=CC=NC(c2ccccc2)C1. The minimum absolute atomic E-state index is 0.339. The highest BCUT2D eigenvalue weighted by atomic mass is 14.8. The summed E-state index contributed by atoms with van der Waals surface area (Å²) < 4.78 is 0. The number of rotatable bonds is 1. The fourth-order valence-electron chi connectivity index (χ4n) is 1.58. The molecule has 0 aromatic heterocycles. The Labute approximate surface area is 78.8 Å². The maximum atomic E-state index is 4.45. The first kappa shape index (κ1) is 8.24. The van der Waals surface area contributed by atoms with Gasteiger partial charge in [-0.15, -0.1) is 0 Å². The van der Waals surface area contributed by atoms with Crippen molar-refractivity contribution in [3.05, 3.63) is 47.5 Å². The summed E-state index contributed by atoms with van der Waals surface area (Å²) in [6.07, 6.45) is 5.05. The molecule has 0 fully saturated rings. The van der Waals surface area contributed by atoms with Crippen molar-refractivity contribution in [2.75, 3.05) is 0 Å². The average Bonchev–Trinajstić information content (AvgIpc) is 2.19. The van der Waals surface area contributed by atoms with E-state index in [1.54, 1.807) is 0 Å². The fraction of sp³-hybridized carbons (Fsp3) is 0.250. The highest BCUT2D eigenvalue weighted by Gasteiger charge is 2.11. The van der Waals surface area contributed by atoms with E-state index in [1.807, 2.05) is 12.3 Å². The van der Waals surface area contributed by atoms with Crippen LogP contribution in [0.1, 0.15) is 24.9 Å². The Kier molecular flexibility index (Phi) is 2.26. The molecule has 0 N–H and O–H groups in total. The van der Waals surface area contributed by atoms with Crippen molar-refractivity contribution in [2.24, 2.45) is 4.99 Å². The molecule has 0 spiro atoms. The van der Waals surface area contributed by atoms with Crippen molar-refractivity contribution in [3.63, 3.8) is 0 Å². The van der Waals surface area contributed by atoms with Crippen LogP contribution in [-0.2, 0) is 0 Å². The van der Waals surface area contributed by atoms with E-state index >= 15 is 0 Å². The third-order valence-corrected chi connectivity index (χ3v) is 2.32. The van der Waals surface area contributed by atoms with Crippen LogP contribution >= 0.6 is 0 Å². The molecule has 0 radical (unpaired) electrons. The molecule has 1 heterocycles. The lowest BCUT2D eigenvalue weighted by Crippen LogP contribution is -2.00. The number of hydrogen-bond acceptors (Lipinski definition) is 1. The van der Waals surface area contributed by atoms with E-state index in [2.05, 4.69) is 42.3 Å². The molecule has 0 amide bonds. The smallest absolute Gasteiger partial charge is 0.0786 e. The Morgan fingerprint density at radius 3 is 2.69 bits per heavy atom. The van der Waals surface area contributed by atoms with Gasteiger partial charge in [-0.2, -0.15) is 0 Å². The van der Waals surface area contributed by atoms with E-state index in [0.29, 0.717) is 6.04 Å². The average molecular weight is 171 g/mol. The quantitative estimate of drug-likeness (QED) is 0.615. The first-order chi connectivity index (χ1) is 6.36. The van der Waals surface area contributed by atoms with Gasteiger partial charge in [-0.05, 0) is 25.0 Å².